The van der Waals surface area contributed by atoms with E-state index in [-0.39, 0.29) is 16.5 Å². The van der Waals surface area contributed by atoms with E-state index >= 15 is 0 Å². The Morgan fingerprint density at radius 1 is 1.60 bits per heavy atom. The van der Waals surface area contributed by atoms with E-state index in [0.717, 1.165) is 11.3 Å². The van der Waals surface area contributed by atoms with Gasteiger partial charge in [0.15, 0.2) is 11.0 Å². The van der Waals surface area contributed by atoms with Crippen molar-refractivity contribution < 1.29 is 19.4 Å². The van der Waals surface area contributed by atoms with E-state index in [1.165, 1.54) is 13.1 Å². The normalized spacial score (nSPS) is 11.9. The van der Waals surface area contributed by atoms with Crippen molar-refractivity contribution in [2.45, 2.75) is 13.0 Å². The Morgan fingerprint density at radius 3 is 2.80 bits per heavy atom. The Morgan fingerprint density at radius 2 is 2.27 bits per heavy atom. The zero-order valence-electron chi connectivity index (χ0n) is 8.31. The fraction of sp³-hybridized carbons (Fsp3) is 0.333. The topological polar surface area (TPSA) is 75.6 Å². The third-order valence-electron chi connectivity index (χ3n) is 1.74. The highest BCUT2D eigenvalue weighted by atomic mass is 32.1. The van der Waals surface area contributed by atoms with Crippen molar-refractivity contribution in [2.75, 3.05) is 7.05 Å². The van der Waals surface area contributed by atoms with Gasteiger partial charge in [-0.2, -0.15) is 0 Å². The lowest BCUT2D eigenvalue weighted by atomic mass is 10.3. The minimum Gasteiger partial charge on any atom is -0.479 e. The van der Waals surface area contributed by atoms with E-state index in [4.69, 9.17) is 9.84 Å². The first kappa shape index (κ1) is 11.5. The van der Waals surface area contributed by atoms with Crippen LogP contribution in [0.3, 0.4) is 0 Å². The van der Waals surface area contributed by atoms with Crippen molar-refractivity contribution in [3.05, 3.63) is 16.3 Å². The summed E-state index contributed by atoms with van der Waals surface area (Å²) in [4.78, 5) is 22.0. The van der Waals surface area contributed by atoms with Crippen LogP contribution in [0.5, 0.6) is 5.75 Å². The quantitative estimate of drug-likeness (QED) is 0.806. The fourth-order valence-corrected chi connectivity index (χ4v) is 1.65. The first-order chi connectivity index (χ1) is 7.06. The first-order valence-corrected chi connectivity index (χ1v) is 5.13. The molecule has 1 heterocycles. The number of amides is 1. The van der Waals surface area contributed by atoms with Crippen LogP contribution in [0.1, 0.15) is 16.6 Å². The molecule has 0 fully saturated rings. The highest BCUT2D eigenvalue weighted by Gasteiger charge is 2.18. The maximum Gasteiger partial charge on any atom is 0.349 e. The Balaban J connectivity index is 2.76. The summed E-state index contributed by atoms with van der Waals surface area (Å²) in [5.74, 6) is -1.12. The van der Waals surface area contributed by atoms with Gasteiger partial charge in [0.05, 0.1) is 0 Å². The molecule has 1 unspecified atom stereocenters. The number of thiophene rings is 1. The summed E-state index contributed by atoms with van der Waals surface area (Å²) in [6.45, 7) is 1.56. The monoisotopic (exact) mass is 229 g/mol. The second kappa shape index (κ2) is 4.79. The number of ether oxygens (including phenoxy) is 1. The van der Waals surface area contributed by atoms with Crippen molar-refractivity contribution >= 4 is 23.2 Å². The van der Waals surface area contributed by atoms with Gasteiger partial charge in [0.25, 0.3) is 5.91 Å². The standard InChI is InChI=1S/C9H11NO4S/c1-5(8(11)10-2)14-6-3-4-15-7(6)9(12)13/h3-5H,1-2H3,(H,10,11)(H,12,13). The van der Waals surface area contributed by atoms with Gasteiger partial charge in [-0.05, 0) is 18.4 Å². The molecule has 0 aliphatic heterocycles. The molecule has 1 atom stereocenters. The minimum atomic E-state index is -1.05. The van der Waals surface area contributed by atoms with Gasteiger partial charge in [-0.15, -0.1) is 11.3 Å². The Bertz CT molecular complexity index is 374. The van der Waals surface area contributed by atoms with Gasteiger partial charge < -0.3 is 15.2 Å². The summed E-state index contributed by atoms with van der Waals surface area (Å²) in [5.41, 5.74) is 0. The number of carbonyl (C=O) groups is 2. The SMILES string of the molecule is CNC(=O)C(C)Oc1ccsc1C(=O)O. The van der Waals surface area contributed by atoms with E-state index in [9.17, 15) is 9.59 Å². The van der Waals surface area contributed by atoms with Crippen LogP contribution in [0.15, 0.2) is 11.4 Å². The molecular formula is C9H11NO4S. The summed E-state index contributed by atoms with van der Waals surface area (Å²) in [6, 6.07) is 1.54. The van der Waals surface area contributed by atoms with Crippen LogP contribution < -0.4 is 10.1 Å². The molecule has 0 radical (unpaired) electrons. The van der Waals surface area contributed by atoms with Gasteiger partial charge in [-0.1, -0.05) is 0 Å². The fourth-order valence-electron chi connectivity index (χ4n) is 0.993. The number of carboxylic acid groups (broad SMARTS) is 1. The predicted octanol–water partition coefficient (Wildman–Crippen LogP) is 0.960. The molecule has 6 heteroatoms. The molecule has 2 N–H and O–H groups in total. The Kier molecular flexibility index (Phi) is 3.68. The van der Waals surface area contributed by atoms with Crippen LogP contribution in [0.25, 0.3) is 0 Å². The number of nitrogens with one attached hydrogen (secondary N) is 1. The molecule has 0 bridgehead atoms. The zero-order valence-corrected chi connectivity index (χ0v) is 9.13. The second-order valence-corrected chi connectivity index (χ2v) is 3.71. The van der Waals surface area contributed by atoms with E-state index in [1.807, 2.05) is 0 Å². The molecule has 1 amide bonds. The Labute approximate surface area is 90.7 Å². The van der Waals surface area contributed by atoms with E-state index < -0.39 is 12.1 Å². The summed E-state index contributed by atoms with van der Waals surface area (Å²) >= 11 is 1.06. The molecule has 5 nitrogen and oxygen atoms in total. The first-order valence-electron chi connectivity index (χ1n) is 4.25. The lowest BCUT2D eigenvalue weighted by Crippen LogP contribution is -2.33. The average Bonchev–Trinajstić information content (AvgIpc) is 2.64. The molecule has 82 valence electrons. The summed E-state index contributed by atoms with van der Waals surface area (Å²) in [6.07, 6.45) is -0.706. The molecule has 0 spiro atoms. The zero-order chi connectivity index (χ0) is 11.4. The number of carbonyl (C=O) groups excluding carboxylic acids is 1. The van der Waals surface area contributed by atoms with E-state index in [2.05, 4.69) is 5.32 Å². The average molecular weight is 229 g/mol. The summed E-state index contributed by atoms with van der Waals surface area (Å²) < 4.78 is 5.22. The van der Waals surface area contributed by atoms with Gasteiger partial charge in [0.1, 0.15) is 5.75 Å². The lowest BCUT2D eigenvalue weighted by molar-refractivity contribution is -0.126. The van der Waals surface area contributed by atoms with Crippen molar-refractivity contribution in [1.82, 2.24) is 5.32 Å². The van der Waals surface area contributed by atoms with Gasteiger partial charge >= 0.3 is 5.97 Å². The highest BCUT2D eigenvalue weighted by Crippen LogP contribution is 2.25. The molecular weight excluding hydrogens is 218 g/mol. The smallest absolute Gasteiger partial charge is 0.349 e. The van der Waals surface area contributed by atoms with Crippen LogP contribution in [-0.2, 0) is 4.79 Å². The van der Waals surface area contributed by atoms with Gasteiger partial charge in [0, 0.05) is 7.05 Å². The number of hydrogen-bond donors (Lipinski definition) is 2. The molecule has 1 rings (SSSR count). The molecule has 1 aromatic rings. The number of likely N-dealkylation sites (N-methyl/N-ethyl adjacent to an activating group) is 1. The highest BCUT2D eigenvalue weighted by molar-refractivity contribution is 7.12. The molecule has 0 saturated carbocycles. The molecule has 0 aliphatic rings. The molecule has 0 saturated heterocycles. The number of aromatic carboxylic acids is 1. The summed E-state index contributed by atoms with van der Waals surface area (Å²) in [5, 5.41) is 12.8. The Hall–Kier alpha value is -1.56. The van der Waals surface area contributed by atoms with Crippen molar-refractivity contribution in [3.8, 4) is 5.75 Å². The van der Waals surface area contributed by atoms with Gasteiger partial charge in [0.2, 0.25) is 0 Å². The van der Waals surface area contributed by atoms with Crippen LogP contribution in [0.4, 0.5) is 0 Å². The van der Waals surface area contributed by atoms with Crippen molar-refractivity contribution in [3.63, 3.8) is 0 Å². The molecule has 15 heavy (non-hydrogen) atoms. The van der Waals surface area contributed by atoms with Crippen molar-refractivity contribution in [1.29, 1.82) is 0 Å². The minimum absolute atomic E-state index is 0.103. The number of hydrogen-bond acceptors (Lipinski definition) is 4. The predicted molar refractivity (Wildman–Crippen MR) is 55.4 cm³/mol. The third-order valence-corrected chi connectivity index (χ3v) is 2.63. The number of carboxylic acids is 1. The van der Waals surface area contributed by atoms with Crippen LogP contribution in [0, 0.1) is 0 Å². The van der Waals surface area contributed by atoms with Gasteiger partial charge in [-0.25, -0.2) is 4.79 Å². The lowest BCUT2D eigenvalue weighted by Gasteiger charge is -2.12. The molecule has 0 aromatic carbocycles. The van der Waals surface area contributed by atoms with Crippen molar-refractivity contribution in [2.24, 2.45) is 0 Å². The molecule has 1 aromatic heterocycles. The van der Waals surface area contributed by atoms with E-state index in [1.54, 1.807) is 12.3 Å². The molecule has 0 aliphatic carbocycles. The largest absolute Gasteiger partial charge is 0.479 e. The van der Waals surface area contributed by atoms with E-state index in [0.29, 0.717) is 0 Å². The maximum atomic E-state index is 11.1. The van der Waals surface area contributed by atoms with Crippen LogP contribution in [-0.4, -0.2) is 30.1 Å². The third kappa shape index (κ3) is 2.69. The van der Waals surface area contributed by atoms with Crippen LogP contribution in [0.2, 0.25) is 0 Å². The van der Waals surface area contributed by atoms with Crippen LogP contribution >= 0.6 is 11.3 Å². The summed E-state index contributed by atoms with van der Waals surface area (Å²) in [7, 11) is 1.49. The maximum absolute atomic E-state index is 11.1. The van der Waals surface area contributed by atoms with Gasteiger partial charge in [-0.3, -0.25) is 4.79 Å². The second-order valence-electron chi connectivity index (χ2n) is 2.79. The number of rotatable bonds is 4.